The molecule has 144 valence electrons. The van der Waals surface area contributed by atoms with E-state index in [4.69, 9.17) is 14.2 Å². The highest BCUT2D eigenvalue weighted by Gasteiger charge is 2.15. The molecular weight excluding hydrogens is 346 g/mol. The number of rotatable bonds is 7. The fraction of sp³-hybridized carbons (Fsp3) is 0.333. The third kappa shape index (κ3) is 5.48. The van der Waals surface area contributed by atoms with Gasteiger partial charge < -0.3 is 19.5 Å². The number of carbonyl (C=O) groups is 2. The second-order valence-corrected chi connectivity index (χ2v) is 6.31. The summed E-state index contributed by atoms with van der Waals surface area (Å²) in [6, 6.07) is 10.5. The van der Waals surface area contributed by atoms with Gasteiger partial charge in [0.25, 0.3) is 5.91 Å². The zero-order chi connectivity index (χ0) is 20.0. The Kier molecular flexibility index (Phi) is 6.82. The quantitative estimate of drug-likeness (QED) is 0.756. The third-order valence-corrected chi connectivity index (χ3v) is 4.33. The van der Waals surface area contributed by atoms with Gasteiger partial charge in [-0.1, -0.05) is 18.2 Å². The maximum absolute atomic E-state index is 12.2. The van der Waals surface area contributed by atoms with E-state index in [-0.39, 0.29) is 24.1 Å². The molecule has 0 fully saturated rings. The summed E-state index contributed by atoms with van der Waals surface area (Å²) >= 11 is 0. The van der Waals surface area contributed by atoms with E-state index >= 15 is 0 Å². The number of amides is 1. The zero-order valence-corrected chi connectivity index (χ0v) is 16.3. The minimum absolute atomic E-state index is 0.188. The molecule has 0 saturated carbocycles. The van der Waals surface area contributed by atoms with Crippen LogP contribution in [0.2, 0.25) is 0 Å². The monoisotopic (exact) mass is 371 g/mol. The molecule has 2 rings (SSSR count). The normalized spacial score (nSPS) is 11.4. The number of benzene rings is 2. The average molecular weight is 371 g/mol. The standard InChI is InChI=1S/C21H25NO5/c1-13-6-7-16(8-14(13)2)15(3)22-20(23)12-27-21(24)17-9-18(25-4)11-19(10-17)26-5/h6-11,15H,12H2,1-5H3,(H,22,23)/t15-/m0/s1. The van der Waals surface area contributed by atoms with Gasteiger partial charge in [0.1, 0.15) is 11.5 Å². The first-order valence-corrected chi connectivity index (χ1v) is 8.60. The van der Waals surface area contributed by atoms with Gasteiger partial charge in [0.15, 0.2) is 6.61 Å². The van der Waals surface area contributed by atoms with Crippen molar-refractivity contribution in [1.82, 2.24) is 5.32 Å². The Balaban J connectivity index is 1.94. The van der Waals surface area contributed by atoms with Gasteiger partial charge in [-0.05, 0) is 49.6 Å². The number of hydrogen-bond donors (Lipinski definition) is 1. The van der Waals surface area contributed by atoms with Crippen molar-refractivity contribution in [2.24, 2.45) is 0 Å². The van der Waals surface area contributed by atoms with Crippen molar-refractivity contribution in [3.63, 3.8) is 0 Å². The molecule has 0 radical (unpaired) electrons. The van der Waals surface area contributed by atoms with Crippen molar-refractivity contribution in [2.45, 2.75) is 26.8 Å². The lowest BCUT2D eigenvalue weighted by Gasteiger charge is -2.16. The smallest absolute Gasteiger partial charge is 0.338 e. The topological polar surface area (TPSA) is 73.9 Å². The van der Waals surface area contributed by atoms with Gasteiger partial charge in [-0.2, -0.15) is 0 Å². The van der Waals surface area contributed by atoms with Gasteiger partial charge in [0, 0.05) is 6.07 Å². The van der Waals surface area contributed by atoms with Crippen molar-refractivity contribution in [2.75, 3.05) is 20.8 Å². The average Bonchev–Trinajstić information content (AvgIpc) is 2.67. The summed E-state index contributed by atoms with van der Waals surface area (Å²) in [5.74, 6) is -0.0617. The Morgan fingerprint density at radius 2 is 1.59 bits per heavy atom. The van der Waals surface area contributed by atoms with Crippen molar-refractivity contribution in [3.05, 3.63) is 58.7 Å². The summed E-state index contributed by atoms with van der Waals surface area (Å²) in [5, 5.41) is 2.83. The van der Waals surface area contributed by atoms with Gasteiger partial charge in [-0.15, -0.1) is 0 Å². The summed E-state index contributed by atoms with van der Waals surface area (Å²) in [5.41, 5.74) is 3.60. The van der Waals surface area contributed by atoms with E-state index in [9.17, 15) is 9.59 Å². The molecule has 27 heavy (non-hydrogen) atoms. The van der Waals surface area contributed by atoms with Crippen molar-refractivity contribution in [1.29, 1.82) is 0 Å². The number of carbonyl (C=O) groups excluding carboxylic acids is 2. The van der Waals surface area contributed by atoms with Crippen molar-refractivity contribution < 1.29 is 23.8 Å². The zero-order valence-electron chi connectivity index (χ0n) is 16.3. The fourth-order valence-corrected chi connectivity index (χ4v) is 2.54. The number of esters is 1. The van der Waals surface area contributed by atoms with Crippen LogP contribution in [0, 0.1) is 13.8 Å². The molecule has 1 amide bonds. The number of methoxy groups -OCH3 is 2. The van der Waals surface area contributed by atoms with Gasteiger partial charge in [-0.25, -0.2) is 4.79 Å². The number of hydrogen-bond acceptors (Lipinski definition) is 5. The summed E-state index contributed by atoms with van der Waals surface area (Å²) in [4.78, 5) is 24.3. The molecule has 1 N–H and O–H groups in total. The summed E-state index contributed by atoms with van der Waals surface area (Å²) < 4.78 is 15.4. The highest BCUT2D eigenvalue weighted by atomic mass is 16.5. The van der Waals surface area contributed by atoms with Gasteiger partial charge in [-0.3, -0.25) is 4.79 Å². The van der Waals surface area contributed by atoms with Crippen LogP contribution in [-0.4, -0.2) is 32.7 Å². The van der Waals surface area contributed by atoms with E-state index in [1.807, 2.05) is 39.0 Å². The van der Waals surface area contributed by atoms with E-state index in [0.29, 0.717) is 11.5 Å². The minimum atomic E-state index is -0.624. The number of nitrogens with one attached hydrogen (secondary N) is 1. The van der Waals surface area contributed by atoms with Crippen LogP contribution >= 0.6 is 0 Å². The lowest BCUT2D eigenvalue weighted by atomic mass is 10.0. The number of aryl methyl sites for hydroxylation is 2. The van der Waals surface area contributed by atoms with E-state index in [1.54, 1.807) is 6.07 Å². The molecule has 2 aromatic carbocycles. The largest absolute Gasteiger partial charge is 0.497 e. The highest BCUT2D eigenvalue weighted by molar-refractivity contribution is 5.92. The van der Waals surface area contributed by atoms with Crippen LogP contribution in [0.25, 0.3) is 0 Å². The Morgan fingerprint density at radius 1 is 0.963 bits per heavy atom. The van der Waals surface area contributed by atoms with E-state index in [0.717, 1.165) is 11.1 Å². The first-order valence-electron chi connectivity index (χ1n) is 8.60. The maximum atomic E-state index is 12.2. The number of ether oxygens (including phenoxy) is 3. The molecular formula is C21H25NO5. The second-order valence-electron chi connectivity index (χ2n) is 6.31. The second kappa shape index (κ2) is 9.07. The predicted molar refractivity (Wildman–Crippen MR) is 102 cm³/mol. The molecule has 0 aromatic heterocycles. The van der Waals surface area contributed by atoms with Crippen LogP contribution in [0.1, 0.15) is 40.0 Å². The SMILES string of the molecule is COc1cc(OC)cc(C(=O)OCC(=O)N[C@@H](C)c2ccc(C)c(C)c2)c1. The molecule has 6 heteroatoms. The van der Waals surface area contributed by atoms with Crippen LogP contribution < -0.4 is 14.8 Å². The molecule has 6 nitrogen and oxygen atoms in total. The summed E-state index contributed by atoms with van der Waals surface area (Å²) in [6.07, 6.45) is 0. The Hall–Kier alpha value is -3.02. The fourth-order valence-electron chi connectivity index (χ4n) is 2.54. The third-order valence-electron chi connectivity index (χ3n) is 4.33. The molecule has 0 unspecified atom stereocenters. The lowest BCUT2D eigenvalue weighted by Crippen LogP contribution is -2.31. The minimum Gasteiger partial charge on any atom is -0.497 e. The molecule has 0 heterocycles. The van der Waals surface area contributed by atoms with Gasteiger partial charge >= 0.3 is 5.97 Å². The predicted octanol–water partition coefficient (Wildman–Crippen LogP) is 3.35. The van der Waals surface area contributed by atoms with Crippen LogP contribution in [0.4, 0.5) is 0 Å². The lowest BCUT2D eigenvalue weighted by molar-refractivity contribution is -0.124. The Morgan fingerprint density at radius 3 is 2.15 bits per heavy atom. The van der Waals surface area contributed by atoms with E-state index in [1.165, 1.54) is 31.9 Å². The van der Waals surface area contributed by atoms with Gasteiger partial charge in [0.2, 0.25) is 0 Å². The maximum Gasteiger partial charge on any atom is 0.338 e. The summed E-state index contributed by atoms with van der Waals surface area (Å²) in [7, 11) is 2.98. The molecule has 1 atom stereocenters. The molecule has 0 aliphatic rings. The molecule has 0 saturated heterocycles. The van der Waals surface area contributed by atoms with Crippen LogP contribution in [0.3, 0.4) is 0 Å². The summed E-state index contributed by atoms with van der Waals surface area (Å²) in [6.45, 7) is 5.58. The van der Waals surface area contributed by atoms with Crippen LogP contribution in [0.5, 0.6) is 11.5 Å². The van der Waals surface area contributed by atoms with Crippen LogP contribution in [-0.2, 0) is 9.53 Å². The Bertz CT molecular complexity index is 809. The van der Waals surface area contributed by atoms with Crippen molar-refractivity contribution >= 4 is 11.9 Å². The van der Waals surface area contributed by atoms with E-state index in [2.05, 4.69) is 5.32 Å². The molecule has 0 aliphatic heterocycles. The van der Waals surface area contributed by atoms with Crippen LogP contribution in [0.15, 0.2) is 36.4 Å². The first-order chi connectivity index (χ1) is 12.8. The van der Waals surface area contributed by atoms with Crippen molar-refractivity contribution in [3.8, 4) is 11.5 Å². The molecule has 0 spiro atoms. The van der Waals surface area contributed by atoms with E-state index < -0.39 is 5.97 Å². The molecule has 0 bridgehead atoms. The Labute approximate surface area is 159 Å². The first kappa shape index (κ1) is 20.3. The van der Waals surface area contributed by atoms with Gasteiger partial charge in [0.05, 0.1) is 25.8 Å². The molecule has 2 aromatic rings. The molecule has 0 aliphatic carbocycles. The highest BCUT2D eigenvalue weighted by Crippen LogP contribution is 2.23.